The van der Waals surface area contributed by atoms with E-state index in [0.717, 1.165) is 36.9 Å². The SMILES string of the molecule is C/C(=C/NC1(CC#N)CCC(Nc2ccc(Cl)cc2)CC1)C(N)=Nc1ccnc(F)c1. The van der Waals surface area contributed by atoms with Crippen LogP contribution in [0.25, 0.3) is 0 Å². The van der Waals surface area contributed by atoms with E-state index in [9.17, 15) is 9.65 Å². The lowest BCUT2D eigenvalue weighted by Gasteiger charge is -2.40. The minimum absolute atomic E-state index is 0.281. The predicted octanol–water partition coefficient (Wildman–Crippen LogP) is 5.06. The van der Waals surface area contributed by atoms with Crippen LogP contribution in [0.2, 0.25) is 5.02 Å². The molecule has 0 saturated heterocycles. The largest absolute Gasteiger partial charge is 0.384 e. The Morgan fingerprint density at radius 2 is 2.06 bits per heavy atom. The zero-order valence-electron chi connectivity index (χ0n) is 17.4. The van der Waals surface area contributed by atoms with Crippen molar-refractivity contribution in [3.63, 3.8) is 0 Å². The molecule has 1 aromatic heterocycles. The van der Waals surface area contributed by atoms with E-state index in [1.165, 1.54) is 12.3 Å². The zero-order valence-corrected chi connectivity index (χ0v) is 18.2. The fraction of sp³-hybridized carbons (Fsp3) is 0.348. The summed E-state index contributed by atoms with van der Waals surface area (Å²) < 4.78 is 13.2. The van der Waals surface area contributed by atoms with Gasteiger partial charge in [-0.15, -0.1) is 0 Å². The number of nitriles is 1. The van der Waals surface area contributed by atoms with Gasteiger partial charge in [0.2, 0.25) is 5.95 Å². The number of aromatic nitrogens is 1. The molecule has 3 rings (SSSR count). The molecule has 8 heteroatoms. The maximum absolute atomic E-state index is 13.2. The lowest BCUT2D eigenvalue weighted by atomic mass is 9.77. The van der Waals surface area contributed by atoms with Crippen LogP contribution in [0.1, 0.15) is 39.0 Å². The third-order valence-corrected chi connectivity index (χ3v) is 5.79. The van der Waals surface area contributed by atoms with Gasteiger partial charge in [-0.1, -0.05) is 11.6 Å². The average molecular weight is 441 g/mol. The van der Waals surface area contributed by atoms with Crippen LogP contribution < -0.4 is 16.4 Å². The predicted molar refractivity (Wildman–Crippen MR) is 123 cm³/mol. The molecule has 162 valence electrons. The van der Waals surface area contributed by atoms with Crippen molar-refractivity contribution in [1.29, 1.82) is 5.26 Å². The van der Waals surface area contributed by atoms with E-state index in [1.807, 2.05) is 31.2 Å². The summed E-state index contributed by atoms with van der Waals surface area (Å²) in [5.74, 6) is -0.325. The molecule has 4 N–H and O–H groups in total. The van der Waals surface area contributed by atoms with Crippen LogP contribution >= 0.6 is 11.6 Å². The van der Waals surface area contributed by atoms with Crippen molar-refractivity contribution in [2.75, 3.05) is 5.32 Å². The van der Waals surface area contributed by atoms with Crippen LogP contribution in [0.4, 0.5) is 15.8 Å². The van der Waals surface area contributed by atoms with Gasteiger partial charge in [0.25, 0.3) is 0 Å². The van der Waals surface area contributed by atoms with Gasteiger partial charge in [0.1, 0.15) is 5.84 Å². The van der Waals surface area contributed by atoms with Crippen molar-refractivity contribution in [2.45, 2.75) is 50.6 Å². The Labute approximate surface area is 187 Å². The van der Waals surface area contributed by atoms with Crippen LogP contribution in [0, 0.1) is 17.3 Å². The van der Waals surface area contributed by atoms with E-state index in [1.54, 1.807) is 12.3 Å². The highest BCUT2D eigenvalue weighted by molar-refractivity contribution is 6.30. The number of rotatable bonds is 7. The number of benzene rings is 1. The fourth-order valence-electron chi connectivity index (χ4n) is 3.64. The molecule has 0 bridgehead atoms. The van der Waals surface area contributed by atoms with Crippen molar-refractivity contribution in [1.82, 2.24) is 10.3 Å². The molecule has 1 aliphatic rings. The summed E-state index contributed by atoms with van der Waals surface area (Å²) in [5.41, 5.74) is 7.92. The van der Waals surface area contributed by atoms with Gasteiger partial charge in [0.05, 0.1) is 18.2 Å². The first-order valence-corrected chi connectivity index (χ1v) is 10.6. The standard InChI is InChI=1S/C23H26ClFN6/c1-16(22(27)31-20-8-13-28-21(25)14-20)15-29-23(11-12-26)9-6-19(7-10-23)30-18-4-2-17(24)3-5-18/h2-5,8,13-15,19,29-30H,6-7,9-11H2,1H3,(H2,27,28,31)/b16-15-. The Bertz CT molecular complexity index is 988. The number of nitrogens with zero attached hydrogens (tertiary/aromatic N) is 3. The van der Waals surface area contributed by atoms with E-state index < -0.39 is 5.95 Å². The number of nitrogens with two attached hydrogens (primary N) is 1. The highest BCUT2D eigenvalue weighted by Crippen LogP contribution is 2.33. The molecule has 6 nitrogen and oxygen atoms in total. The maximum Gasteiger partial charge on any atom is 0.214 e. The molecule has 31 heavy (non-hydrogen) atoms. The first-order chi connectivity index (χ1) is 14.9. The molecular formula is C23H26ClFN6. The highest BCUT2D eigenvalue weighted by atomic mass is 35.5. The second kappa shape index (κ2) is 10.3. The zero-order chi connectivity index (χ0) is 22.3. The molecule has 0 unspecified atom stereocenters. The number of nitrogens with one attached hydrogen (secondary N) is 2. The Morgan fingerprint density at radius 3 is 2.71 bits per heavy atom. The van der Waals surface area contributed by atoms with Gasteiger partial charge in [0, 0.05) is 46.3 Å². The van der Waals surface area contributed by atoms with E-state index >= 15 is 0 Å². The maximum atomic E-state index is 13.2. The summed E-state index contributed by atoms with van der Waals surface area (Å²) in [6, 6.07) is 13.1. The van der Waals surface area contributed by atoms with Crippen molar-refractivity contribution in [2.24, 2.45) is 10.7 Å². The van der Waals surface area contributed by atoms with Crippen LogP contribution in [0.3, 0.4) is 0 Å². The molecule has 1 fully saturated rings. The third-order valence-electron chi connectivity index (χ3n) is 5.53. The summed E-state index contributed by atoms with van der Waals surface area (Å²) in [5, 5.41) is 17.1. The number of hydrogen-bond donors (Lipinski definition) is 3. The van der Waals surface area contributed by atoms with E-state index in [4.69, 9.17) is 17.3 Å². The molecule has 0 spiro atoms. The van der Waals surface area contributed by atoms with E-state index in [0.29, 0.717) is 23.2 Å². The van der Waals surface area contributed by atoms with Crippen LogP contribution in [0.5, 0.6) is 0 Å². The molecule has 1 aromatic carbocycles. The van der Waals surface area contributed by atoms with Crippen molar-refractivity contribution in [3.8, 4) is 6.07 Å². The van der Waals surface area contributed by atoms with Gasteiger partial charge in [-0.05, 0) is 62.9 Å². The molecule has 0 amide bonds. The average Bonchev–Trinajstić information content (AvgIpc) is 2.75. The molecule has 0 radical (unpaired) electrons. The van der Waals surface area contributed by atoms with Gasteiger partial charge in [-0.3, -0.25) is 0 Å². The molecule has 0 aliphatic heterocycles. The summed E-state index contributed by atoms with van der Waals surface area (Å²) in [7, 11) is 0. The fourth-order valence-corrected chi connectivity index (χ4v) is 3.77. The van der Waals surface area contributed by atoms with Gasteiger partial charge >= 0.3 is 0 Å². The normalized spacial score (nSPS) is 21.9. The van der Waals surface area contributed by atoms with E-state index in [-0.39, 0.29) is 11.4 Å². The van der Waals surface area contributed by atoms with Crippen LogP contribution in [0.15, 0.2) is 59.4 Å². The van der Waals surface area contributed by atoms with Crippen LogP contribution in [-0.2, 0) is 0 Å². The Morgan fingerprint density at radius 1 is 1.35 bits per heavy atom. The van der Waals surface area contributed by atoms with Gasteiger partial charge < -0.3 is 16.4 Å². The summed E-state index contributed by atoms with van der Waals surface area (Å²) in [6.07, 6.45) is 7.12. The Hall–Kier alpha value is -3.11. The number of amidine groups is 1. The first kappa shape index (κ1) is 22.6. The molecular weight excluding hydrogens is 415 g/mol. The lowest BCUT2D eigenvalue weighted by molar-refractivity contribution is 0.249. The summed E-state index contributed by atoms with van der Waals surface area (Å²) >= 11 is 5.95. The number of pyridine rings is 1. The molecule has 0 atom stereocenters. The second-order valence-corrected chi connectivity index (χ2v) is 8.28. The van der Waals surface area contributed by atoms with Gasteiger partial charge in [-0.25, -0.2) is 9.98 Å². The number of anilines is 1. The molecule has 1 saturated carbocycles. The minimum Gasteiger partial charge on any atom is -0.384 e. The van der Waals surface area contributed by atoms with Gasteiger partial charge in [0.15, 0.2) is 0 Å². The number of halogens is 2. The second-order valence-electron chi connectivity index (χ2n) is 7.85. The van der Waals surface area contributed by atoms with Crippen LogP contribution in [-0.4, -0.2) is 22.4 Å². The van der Waals surface area contributed by atoms with Gasteiger partial charge in [-0.2, -0.15) is 9.65 Å². The number of aliphatic imine (C=N–C) groups is 1. The molecule has 1 aliphatic carbocycles. The third kappa shape index (κ3) is 6.43. The Kier molecular flexibility index (Phi) is 7.48. The first-order valence-electron chi connectivity index (χ1n) is 10.2. The van der Waals surface area contributed by atoms with E-state index in [2.05, 4.69) is 26.7 Å². The highest BCUT2D eigenvalue weighted by Gasteiger charge is 2.34. The molecule has 2 aromatic rings. The quantitative estimate of drug-likeness (QED) is 0.317. The Balaban J connectivity index is 1.62. The summed E-state index contributed by atoms with van der Waals surface area (Å²) in [6.45, 7) is 1.83. The molecule has 1 heterocycles. The van der Waals surface area contributed by atoms with Crippen molar-refractivity contribution >= 4 is 28.8 Å². The van der Waals surface area contributed by atoms with Crippen molar-refractivity contribution < 1.29 is 4.39 Å². The monoisotopic (exact) mass is 440 g/mol. The van der Waals surface area contributed by atoms with Crippen molar-refractivity contribution in [3.05, 3.63) is 65.3 Å². The summed E-state index contributed by atoms with van der Waals surface area (Å²) in [4.78, 5) is 7.75. The lowest BCUT2D eigenvalue weighted by Crippen LogP contribution is -2.47. The minimum atomic E-state index is -0.606. The smallest absolute Gasteiger partial charge is 0.214 e. The topological polar surface area (TPSA) is 99.1 Å². The number of hydrogen-bond acceptors (Lipinski definition) is 5.